The van der Waals surface area contributed by atoms with Crippen molar-refractivity contribution in [1.29, 1.82) is 0 Å². The molecule has 1 N–H and O–H groups in total. The molecule has 0 aliphatic carbocycles. The monoisotopic (exact) mass is 485 g/mol. The number of nitrogens with zero attached hydrogens (tertiary/aromatic N) is 2. The summed E-state index contributed by atoms with van der Waals surface area (Å²) in [5, 5.41) is 3.65. The third-order valence-corrected chi connectivity index (χ3v) is 5.70. The zero-order chi connectivity index (χ0) is 18.4. The van der Waals surface area contributed by atoms with E-state index < -0.39 is 0 Å². The Bertz CT molecular complexity index is 578. The van der Waals surface area contributed by atoms with Crippen LogP contribution in [0.1, 0.15) is 51.2 Å². The van der Waals surface area contributed by atoms with Crippen LogP contribution in [0.2, 0.25) is 0 Å². The number of aliphatic imine (C=N–C) groups is 1. The minimum Gasteiger partial charge on any atom is -0.373 e. The van der Waals surface area contributed by atoms with Crippen LogP contribution in [0.15, 0.2) is 35.3 Å². The lowest BCUT2D eigenvalue weighted by atomic mass is 9.89. The molecule has 2 aliphatic heterocycles. The van der Waals surface area contributed by atoms with Gasteiger partial charge in [0.1, 0.15) is 0 Å². The Balaban J connectivity index is 0.00000261. The van der Waals surface area contributed by atoms with Gasteiger partial charge in [0.2, 0.25) is 0 Å². The van der Waals surface area contributed by atoms with Gasteiger partial charge in [-0.2, -0.15) is 0 Å². The van der Waals surface area contributed by atoms with E-state index in [1.54, 1.807) is 0 Å². The van der Waals surface area contributed by atoms with Gasteiger partial charge < -0.3 is 15.0 Å². The molecule has 0 radical (unpaired) electrons. The first kappa shape index (κ1) is 22.5. The molecule has 2 aliphatic rings. The molecular weight excluding hydrogens is 449 g/mol. The van der Waals surface area contributed by atoms with Crippen molar-refractivity contribution in [3.8, 4) is 0 Å². The van der Waals surface area contributed by atoms with Gasteiger partial charge in [-0.05, 0) is 43.1 Å². The first-order valence-corrected chi connectivity index (χ1v) is 10.3. The van der Waals surface area contributed by atoms with Crippen LogP contribution < -0.4 is 5.32 Å². The van der Waals surface area contributed by atoms with E-state index in [9.17, 15) is 0 Å². The van der Waals surface area contributed by atoms with Crippen molar-refractivity contribution in [2.45, 2.75) is 45.6 Å². The normalized spacial score (nSPS) is 26.1. The summed E-state index contributed by atoms with van der Waals surface area (Å²) in [5.41, 5.74) is 1.30. The maximum atomic E-state index is 6.14. The maximum Gasteiger partial charge on any atom is 0.193 e. The highest BCUT2D eigenvalue weighted by Gasteiger charge is 2.29. The van der Waals surface area contributed by atoms with Crippen molar-refractivity contribution >= 4 is 29.9 Å². The Morgan fingerprint density at radius 3 is 2.74 bits per heavy atom. The first-order valence-electron chi connectivity index (χ1n) is 10.3. The first-order chi connectivity index (χ1) is 12.7. The van der Waals surface area contributed by atoms with Crippen LogP contribution in [0.25, 0.3) is 0 Å². The molecule has 4 nitrogen and oxygen atoms in total. The summed E-state index contributed by atoms with van der Waals surface area (Å²) in [6.07, 6.45) is 5.16. The molecule has 2 fully saturated rings. The lowest BCUT2D eigenvalue weighted by molar-refractivity contribution is -0.0266. The molecular formula is C22H36IN3O. The molecule has 3 unspecified atom stereocenters. The van der Waals surface area contributed by atoms with Crippen molar-refractivity contribution in [3.63, 3.8) is 0 Å². The van der Waals surface area contributed by atoms with Gasteiger partial charge in [-0.15, -0.1) is 24.0 Å². The zero-order valence-corrected chi connectivity index (χ0v) is 19.4. The topological polar surface area (TPSA) is 36.9 Å². The average molecular weight is 485 g/mol. The SMILES string of the molecule is CN=C(NCC1CCCOC1c1ccccc1)N1CCC(CC(C)C)C1.I. The van der Waals surface area contributed by atoms with Crippen LogP contribution in [-0.4, -0.2) is 44.1 Å². The molecule has 0 saturated carbocycles. The molecule has 5 heteroatoms. The summed E-state index contributed by atoms with van der Waals surface area (Å²) in [6.45, 7) is 8.71. The Kier molecular flexibility index (Phi) is 9.36. The third kappa shape index (κ3) is 6.34. The quantitative estimate of drug-likeness (QED) is 0.373. The van der Waals surface area contributed by atoms with Gasteiger partial charge in [-0.25, -0.2) is 0 Å². The Morgan fingerprint density at radius 2 is 2.04 bits per heavy atom. The number of hydrogen-bond acceptors (Lipinski definition) is 2. The van der Waals surface area contributed by atoms with Gasteiger partial charge in [-0.3, -0.25) is 4.99 Å². The van der Waals surface area contributed by atoms with Gasteiger partial charge in [-0.1, -0.05) is 44.2 Å². The van der Waals surface area contributed by atoms with Gasteiger partial charge in [0, 0.05) is 39.2 Å². The fourth-order valence-electron chi connectivity index (χ4n) is 4.50. The van der Waals surface area contributed by atoms with Gasteiger partial charge in [0.05, 0.1) is 6.10 Å². The predicted molar refractivity (Wildman–Crippen MR) is 124 cm³/mol. The van der Waals surface area contributed by atoms with Crippen molar-refractivity contribution in [3.05, 3.63) is 35.9 Å². The van der Waals surface area contributed by atoms with Crippen LogP contribution >= 0.6 is 24.0 Å². The average Bonchev–Trinajstić information content (AvgIpc) is 3.11. The standard InChI is InChI=1S/C22H35N3O.HI/c1-17(2)14-18-11-12-25(16-18)22(23-3)24-15-20-10-7-13-26-21(20)19-8-5-4-6-9-19;/h4-6,8-9,17-18,20-21H,7,10-16H2,1-3H3,(H,23,24);1H. The van der Waals surface area contributed by atoms with E-state index in [-0.39, 0.29) is 30.1 Å². The van der Waals surface area contributed by atoms with Crippen LogP contribution in [0.5, 0.6) is 0 Å². The van der Waals surface area contributed by atoms with E-state index in [1.807, 2.05) is 7.05 Å². The second-order valence-electron chi connectivity index (χ2n) is 8.26. The van der Waals surface area contributed by atoms with Crippen LogP contribution in [0.3, 0.4) is 0 Å². The van der Waals surface area contributed by atoms with E-state index in [0.29, 0.717) is 5.92 Å². The Labute approximate surface area is 182 Å². The van der Waals surface area contributed by atoms with E-state index in [2.05, 4.69) is 59.4 Å². The van der Waals surface area contributed by atoms with Crippen molar-refractivity contribution < 1.29 is 4.74 Å². The molecule has 1 aromatic rings. The summed E-state index contributed by atoms with van der Waals surface area (Å²) < 4.78 is 6.14. The number of likely N-dealkylation sites (tertiary alicyclic amines) is 1. The Morgan fingerprint density at radius 1 is 1.26 bits per heavy atom. The van der Waals surface area contributed by atoms with Crippen molar-refractivity contribution in [2.24, 2.45) is 22.7 Å². The lowest BCUT2D eigenvalue weighted by Gasteiger charge is -2.33. The maximum absolute atomic E-state index is 6.14. The molecule has 1 aromatic carbocycles. The second-order valence-corrected chi connectivity index (χ2v) is 8.26. The van der Waals surface area contributed by atoms with E-state index in [0.717, 1.165) is 50.5 Å². The van der Waals surface area contributed by atoms with Gasteiger partial charge >= 0.3 is 0 Å². The fourth-order valence-corrected chi connectivity index (χ4v) is 4.50. The molecule has 0 spiro atoms. The van der Waals surface area contributed by atoms with Gasteiger partial charge in [0.25, 0.3) is 0 Å². The number of halogens is 1. The lowest BCUT2D eigenvalue weighted by Crippen LogP contribution is -2.43. The van der Waals surface area contributed by atoms with Crippen LogP contribution in [-0.2, 0) is 4.74 Å². The van der Waals surface area contributed by atoms with E-state index in [4.69, 9.17) is 4.74 Å². The highest BCUT2D eigenvalue weighted by atomic mass is 127. The van der Waals surface area contributed by atoms with Crippen LogP contribution in [0, 0.1) is 17.8 Å². The largest absolute Gasteiger partial charge is 0.373 e. The summed E-state index contributed by atoms with van der Waals surface area (Å²) in [5.74, 6) is 3.15. The number of nitrogens with one attached hydrogen (secondary N) is 1. The van der Waals surface area contributed by atoms with Gasteiger partial charge in [0.15, 0.2) is 5.96 Å². The summed E-state index contributed by atoms with van der Waals surface area (Å²) >= 11 is 0. The van der Waals surface area contributed by atoms with Crippen molar-refractivity contribution in [1.82, 2.24) is 10.2 Å². The minimum atomic E-state index is 0. The highest BCUT2D eigenvalue weighted by Crippen LogP contribution is 2.33. The number of rotatable bonds is 5. The fraction of sp³-hybridized carbons (Fsp3) is 0.682. The molecule has 2 heterocycles. The number of hydrogen-bond donors (Lipinski definition) is 1. The molecule has 152 valence electrons. The zero-order valence-electron chi connectivity index (χ0n) is 17.1. The van der Waals surface area contributed by atoms with Crippen molar-refractivity contribution in [2.75, 3.05) is 33.3 Å². The third-order valence-electron chi connectivity index (χ3n) is 5.70. The molecule has 0 bridgehead atoms. The smallest absolute Gasteiger partial charge is 0.193 e. The molecule has 0 aromatic heterocycles. The number of guanidine groups is 1. The summed E-state index contributed by atoms with van der Waals surface area (Å²) in [4.78, 5) is 7.00. The van der Waals surface area contributed by atoms with E-state index >= 15 is 0 Å². The van der Waals surface area contributed by atoms with E-state index in [1.165, 1.54) is 24.8 Å². The molecule has 0 amide bonds. The minimum absolute atomic E-state index is 0. The number of benzene rings is 1. The molecule has 3 atom stereocenters. The van der Waals surface area contributed by atoms with Crippen LogP contribution in [0.4, 0.5) is 0 Å². The predicted octanol–water partition coefficient (Wildman–Crippen LogP) is 4.72. The summed E-state index contributed by atoms with van der Waals surface area (Å²) in [6, 6.07) is 10.7. The highest BCUT2D eigenvalue weighted by molar-refractivity contribution is 14.0. The number of ether oxygens (including phenoxy) is 1. The molecule has 27 heavy (non-hydrogen) atoms. The molecule has 2 saturated heterocycles. The summed E-state index contributed by atoms with van der Waals surface area (Å²) in [7, 11) is 1.91. The Hall–Kier alpha value is -0.820. The molecule has 3 rings (SSSR count). The second kappa shape index (κ2) is 11.2.